The Morgan fingerprint density at radius 3 is 2.41 bits per heavy atom. The van der Waals surface area contributed by atoms with Crippen LogP contribution in [-0.4, -0.2) is 36.6 Å². The van der Waals surface area contributed by atoms with Crippen molar-refractivity contribution in [3.63, 3.8) is 0 Å². The van der Waals surface area contributed by atoms with Crippen LogP contribution in [-0.2, 0) is 14.8 Å². The monoisotopic (exact) mass is 546 g/mol. The number of hydrogen-bond donors (Lipinski definition) is 1. The molecule has 0 aliphatic carbocycles. The highest BCUT2D eigenvalue weighted by molar-refractivity contribution is 7.92. The first kappa shape index (κ1) is 25.3. The first-order chi connectivity index (χ1) is 17.7. The fraction of sp³-hybridized carbons (Fsp3) is 0.240. The van der Waals surface area contributed by atoms with Gasteiger partial charge in [-0.25, -0.2) is 36.5 Å². The van der Waals surface area contributed by atoms with Gasteiger partial charge in [-0.2, -0.15) is 0 Å². The topological polar surface area (TPSA) is 94.1 Å². The molecule has 1 N–H and O–H groups in total. The van der Waals surface area contributed by atoms with Crippen LogP contribution < -0.4 is 4.72 Å². The average molecular weight is 547 g/mol. The third kappa shape index (κ3) is 5.09. The van der Waals surface area contributed by atoms with Crippen molar-refractivity contribution >= 4 is 27.0 Å². The number of anilines is 1. The molecule has 192 valence electrons. The highest BCUT2D eigenvalue weighted by Crippen LogP contribution is 2.42. The van der Waals surface area contributed by atoms with E-state index in [-0.39, 0.29) is 11.5 Å². The summed E-state index contributed by atoms with van der Waals surface area (Å²) < 4.78 is 77.2. The first-order valence-electron chi connectivity index (χ1n) is 11.4. The van der Waals surface area contributed by atoms with E-state index in [1.807, 2.05) is 4.72 Å². The summed E-state index contributed by atoms with van der Waals surface area (Å²) in [6, 6.07) is 8.45. The maximum absolute atomic E-state index is 15.8. The van der Waals surface area contributed by atoms with E-state index in [1.165, 1.54) is 29.5 Å². The van der Waals surface area contributed by atoms with Gasteiger partial charge >= 0.3 is 0 Å². The molecule has 0 spiro atoms. The summed E-state index contributed by atoms with van der Waals surface area (Å²) in [5.41, 5.74) is 0.401. The zero-order valence-corrected chi connectivity index (χ0v) is 21.2. The van der Waals surface area contributed by atoms with E-state index in [9.17, 15) is 17.2 Å². The second kappa shape index (κ2) is 10.2. The van der Waals surface area contributed by atoms with Gasteiger partial charge in [0.1, 0.15) is 17.5 Å². The van der Waals surface area contributed by atoms with Gasteiger partial charge in [0, 0.05) is 30.9 Å². The van der Waals surface area contributed by atoms with Crippen molar-refractivity contribution < 1.29 is 26.3 Å². The summed E-state index contributed by atoms with van der Waals surface area (Å²) >= 11 is 1.39. The van der Waals surface area contributed by atoms with Crippen LogP contribution in [0.5, 0.6) is 0 Å². The molecule has 1 saturated heterocycles. The highest BCUT2D eigenvalue weighted by Gasteiger charge is 2.28. The predicted molar refractivity (Wildman–Crippen MR) is 133 cm³/mol. The van der Waals surface area contributed by atoms with Crippen LogP contribution >= 0.6 is 11.3 Å². The van der Waals surface area contributed by atoms with Crippen molar-refractivity contribution in [1.82, 2.24) is 15.0 Å². The lowest BCUT2D eigenvalue weighted by Gasteiger charge is -2.19. The van der Waals surface area contributed by atoms with Crippen molar-refractivity contribution in [3.8, 4) is 21.8 Å². The summed E-state index contributed by atoms with van der Waals surface area (Å²) in [4.78, 5) is 12.8. The molecule has 0 atom stereocenters. The minimum Gasteiger partial charge on any atom is -0.381 e. The molecule has 0 bridgehead atoms. The van der Waals surface area contributed by atoms with E-state index in [4.69, 9.17) is 9.72 Å². The standard InChI is InChI=1S/C25H21F3N4O3S2/c1-14-29-11-8-20(30-14)23-22(31-25(36-23)15-9-12-35-13-10-15)16-4-2-7-19(21(16)28)32-37(33,34)24-17(26)5-3-6-18(24)27/h2-8,11,15,32H,9-10,12-13H2,1H3. The van der Waals surface area contributed by atoms with Crippen LogP contribution in [0.2, 0.25) is 0 Å². The maximum Gasteiger partial charge on any atom is 0.267 e. The quantitative estimate of drug-likeness (QED) is 0.334. The second-order valence-corrected chi connectivity index (χ2v) is 11.1. The molecular weight excluding hydrogens is 525 g/mol. The van der Waals surface area contributed by atoms with Gasteiger partial charge in [-0.15, -0.1) is 11.3 Å². The molecule has 12 heteroatoms. The van der Waals surface area contributed by atoms with Crippen LogP contribution in [0, 0.1) is 24.4 Å². The Labute approximate surface area is 215 Å². The van der Waals surface area contributed by atoms with Gasteiger partial charge in [0.25, 0.3) is 10.0 Å². The van der Waals surface area contributed by atoms with Gasteiger partial charge in [-0.05, 0) is 50.1 Å². The second-order valence-electron chi connectivity index (χ2n) is 8.43. The Morgan fingerprint density at radius 2 is 1.70 bits per heavy atom. The Kier molecular flexibility index (Phi) is 6.97. The van der Waals surface area contributed by atoms with E-state index in [1.54, 1.807) is 19.2 Å². The Balaban J connectivity index is 1.60. The minimum absolute atomic E-state index is 0.0232. The molecule has 2 aromatic heterocycles. The number of benzene rings is 2. The molecule has 2 aromatic carbocycles. The van der Waals surface area contributed by atoms with Crippen molar-refractivity contribution in [2.75, 3.05) is 17.9 Å². The third-order valence-electron chi connectivity index (χ3n) is 5.91. The van der Waals surface area contributed by atoms with Gasteiger partial charge in [0.05, 0.1) is 27.0 Å². The Hall–Kier alpha value is -3.35. The van der Waals surface area contributed by atoms with Crippen LogP contribution in [0.4, 0.5) is 18.9 Å². The average Bonchev–Trinajstić information content (AvgIpc) is 3.31. The van der Waals surface area contributed by atoms with Crippen LogP contribution in [0.3, 0.4) is 0 Å². The molecule has 1 fully saturated rings. The maximum atomic E-state index is 15.8. The van der Waals surface area contributed by atoms with Gasteiger partial charge in [-0.3, -0.25) is 4.72 Å². The number of hydrogen-bond acceptors (Lipinski definition) is 7. The van der Waals surface area contributed by atoms with Gasteiger partial charge < -0.3 is 4.74 Å². The van der Waals surface area contributed by atoms with Crippen LogP contribution in [0.15, 0.2) is 53.6 Å². The molecule has 1 aliphatic heterocycles. The van der Waals surface area contributed by atoms with E-state index < -0.39 is 38.1 Å². The number of aromatic nitrogens is 3. The van der Waals surface area contributed by atoms with E-state index in [0.717, 1.165) is 36.0 Å². The van der Waals surface area contributed by atoms with E-state index >= 15 is 4.39 Å². The summed E-state index contributed by atoms with van der Waals surface area (Å²) in [6.45, 7) is 2.93. The van der Waals surface area contributed by atoms with E-state index in [0.29, 0.717) is 35.3 Å². The molecule has 37 heavy (non-hydrogen) atoms. The molecule has 0 radical (unpaired) electrons. The van der Waals surface area contributed by atoms with Crippen molar-refractivity contribution in [3.05, 3.63) is 76.9 Å². The van der Waals surface area contributed by atoms with Crippen LogP contribution in [0.25, 0.3) is 21.8 Å². The number of rotatable bonds is 6. The zero-order valence-electron chi connectivity index (χ0n) is 19.5. The van der Waals surface area contributed by atoms with Gasteiger partial charge in [0.15, 0.2) is 10.7 Å². The summed E-state index contributed by atoms with van der Waals surface area (Å²) in [7, 11) is -4.77. The molecule has 3 heterocycles. The van der Waals surface area contributed by atoms with E-state index in [2.05, 4.69) is 9.97 Å². The molecule has 7 nitrogen and oxygen atoms in total. The van der Waals surface area contributed by atoms with Crippen LogP contribution in [0.1, 0.15) is 29.6 Å². The minimum atomic E-state index is -4.77. The smallest absolute Gasteiger partial charge is 0.267 e. The lowest BCUT2D eigenvalue weighted by atomic mass is 10.0. The predicted octanol–water partition coefficient (Wildman–Crippen LogP) is 5.69. The third-order valence-corrected chi connectivity index (χ3v) is 8.57. The largest absolute Gasteiger partial charge is 0.381 e. The Bertz CT molecular complexity index is 1550. The number of halogens is 3. The number of sulfonamides is 1. The molecule has 4 aromatic rings. The van der Waals surface area contributed by atoms with Gasteiger partial charge in [0.2, 0.25) is 0 Å². The lowest BCUT2D eigenvalue weighted by Crippen LogP contribution is -2.17. The zero-order chi connectivity index (χ0) is 26.2. The molecule has 1 aliphatic rings. The molecule has 0 amide bonds. The van der Waals surface area contributed by atoms with Gasteiger partial charge in [-0.1, -0.05) is 12.1 Å². The SMILES string of the molecule is Cc1nccc(-c2sc(C3CCOCC3)nc2-c2cccc(NS(=O)(=O)c3c(F)cccc3F)c2F)n1. The van der Waals surface area contributed by atoms with Crippen molar-refractivity contribution in [2.45, 2.75) is 30.6 Å². The summed E-state index contributed by atoms with van der Waals surface area (Å²) in [6.07, 6.45) is 3.14. The molecular formula is C25H21F3N4O3S2. The fourth-order valence-electron chi connectivity index (χ4n) is 4.12. The normalized spacial score (nSPS) is 14.6. The van der Waals surface area contributed by atoms with Crippen molar-refractivity contribution in [2.24, 2.45) is 0 Å². The number of thiazole rings is 1. The molecule has 0 unspecified atom stereocenters. The fourth-order valence-corrected chi connectivity index (χ4v) is 6.54. The lowest BCUT2D eigenvalue weighted by molar-refractivity contribution is 0.0853. The summed E-state index contributed by atoms with van der Waals surface area (Å²) in [5.74, 6) is -2.85. The Morgan fingerprint density at radius 1 is 1.00 bits per heavy atom. The first-order valence-corrected chi connectivity index (χ1v) is 13.7. The highest BCUT2D eigenvalue weighted by atomic mass is 32.2. The summed E-state index contributed by atoms with van der Waals surface area (Å²) in [5, 5.41) is 0.795. The molecule has 5 rings (SSSR count). The molecule has 0 saturated carbocycles. The number of aryl methyl sites for hydroxylation is 1. The van der Waals surface area contributed by atoms with Crippen molar-refractivity contribution in [1.29, 1.82) is 0 Å². The number of nitrogens with one attached hydrogen (secondary N) is 1. The number of ether oxygens (including phenoxy) is 1. The number of nitrogens with zero attached hydrogens (tertiary/aromatic N) is 3.